The lowest BCUT2D eigenvalue weighted by molar-refractivity contribution is -0.130. The topological polar surface area (TPSA) is 58.6 Å². The highest BCUT2D eigenvalue weighted by Gasteiger charge is 2.15. The normalized spacial score (nSPS) is 15.2. The van der Waals surface area contributed by atoms with E-state index in [1.54, 1.807) is 12.1 Å². The third-order valence-electron chi connectivity index (χ3n) is 4.24. The summed E-state index contributed by atoms with van der Waals surface area (Å²) in [6.45, 7) is 6.95. The first-order valence-electron chi connectivity index (χ1n) is 9.35. The van der Waals surface area contributed by atoms with Gasteiger partial charge in [0.05, 0.1) is 6.61 Å². The van der Waals surface area contributed by atoms with Gasteiger partial charge in [0.15, 0.2) is 0 Å². The van der Waals surface area contributed by atoms with Gasteiger partial charge in [0.1, 0.15) is 5.75 Å². The Kier molecular flexibility index (Phi) is 7.76. The number of likely N-dealkylation sites (tertiary alicyclic amines) is 1. The van der Waals surface area contributed by atoms with Gasteiger partial charge < -0.3 is 15.0 Å². The van der Waals surface area contributed by atoms with Crippen LogP contribution in [0.4, 0.5) is 0 Å². The zero-order chi connectivity index (χ0) is 18.1. The molecule has 0 aliphatic carbocycles. The summed E-state index contributed by atoms with van der Waals surface area (Å²) >= 11 is 0. The van der Waals surface area contributed by atoms with E-state index in [2.05, 4.69) is 19.2 Å². The summed E-state index contributed by atoms with van der Waals surface area (Å²) in [5, 5.41) is 2.93. The molecule has 2 rings (SSSR count). The standard InChI is InChI=1S/C20H30N2O3/c1-16(2)15-25-18-9-6-8-17(14-18)20(24)21-11-7-13-22-12-5-3-4-10-19(22)23/h6,8-9,14,16H,3-5,7,10-13,15H2,1-2H3,(H,21,24). The zero-order valence-corrected chi connectivity index (χ0v) is 15.4. The summed E-state index contributed by atoms with van der Waals surface area (Å²) in [5.41, 5.74) is 0.604. The quantitative estimate of drug-likeness (QED) is 0.735. The molecular formula is C20H30N2O3. The second-order valence-corrected chi connectivity index (χ2v) is 7.03. The van der Waals surface area contributed by atoms with E-state index in [0.717, 1.165) is 44.5 Å². The maximum absolute atomic E-state index is 12.3. The first-order valence-corrected chi connectivity index (χ1v) is 9.35. The monoisotopic (exact) mass is 346 g/mol. The van der Waals surface area contributed by atoms with Crippen molar-refractivity contribution >= 4 is 11.8 Å². The van der Waals surface area contributed by atoms with E-state index in [0.29, 0.717) is 31.1 Å². The molecule has 25 heavy (non-hydrogen) atoms. The summed E-state index contributed by atoms with van der Waals surface area (Å²) in [6, 6.07) is 7.26. The molecule has 0 bridgehead atoms. The average molecular weight is 346 g/mol. The van der Waals surface area contributed by atoms with Crippen molar-refractivity contribution in [2.75, 3.05) is 26.2 Å². The van der Waals surface area contributed by atoms with Gasteiger partial charge in [-0.15, -0.1) is 0 Å². The van der Waals surface area contributed by atoms with Gasteiger partial charge in [-0.05, 0) is 43.4 Å². The molecule has 1 N–H and O–H groups in total. The van der Waals surface area contributed by atoms with Crippen LogP contribution < -0.4 is 10.1 Å². The Bertz CT molecular complexity index is 572. The lowest BCUT2D eigenvalue weighted by Crippen LogP contribution is -2.34. The van der Waals surface area contributed by atoms with Crippen molar-refractivity contribution in [3.05, 3.63) is 29.8 Å². The maximum atomic E-state index is 12.3. The fraction of sp³-hybridized carbons (Fsp3) is 0.600. The van der Waals surface area contributed by atoms with Gasteiger partial charge in [-0.25, -0.2) is 0 Å². The maximum Gasteiger partial charge on any atom is 0.251 e. The summed E-state index contributed by atoms with van der Waals surface area (Å²) in [5.74, 6) is 1.31. The van der Waals surface area contributed by atoms with Crippen LogP contribution in [0.2, 0.25) is 0 Å². The van der Waals surface area contributed by atoms with E-state index in [4.69, 9.17) is 4.74 Å². The molecule has 1 aliphatic rings. The third-order valence-corrected chi connectivity index (χ3v) is 4.24. The third kappa shape index (κ3) is 6.77. The molecule has 1 saturated heterocycles. The summed E-state index contributed by atoms with van der Waals surface area (Å²) in [6.07, 6.45) is 4.66. The Balaban J connectivity index is 1.74. The number of carbonyl (C=O) groups is 2. The molecule has 5 nitrogen and oxygen atoms in total. The van der Waals surface area contributed by atoms with Crippen LogP contribution in [0.3, 0.4) is 0 Å². The minimum atomic E-state index is -0.0998. The first kappa shape index (κ1) is 19.3. The lowest BCUT2D eigenvalue weighted by Gasteiger charge is -2.20. The Hall–Kier alpha value is -2.04. The van der Waals surface area contributed by atoms with Crippen LogP contribution in [-0.2, 0) is 4.79 Å². The van der Waals surface area contributed by atoms with Crippen LogP contribution in [0.5, 0.6) is 5.75 Å². The van der Waals surface area contributed by atoms with Crippen molar-refractivity contribution in [1.29, 1.82) is 0 Å². The average Bonchev–Trinajstić information content (AvgIpc) is 2.81. The van der Waals surface area contributed by atoms with Crippen molar-refractivity contribution in [2.45, 2.75) is 46.0 Å². The van der Waals surface area contributed by atoms with Crippen LogP contribution in [0.15, 0.2) is 24.3 Å². The Labute approximate surface area is 150 Å². The Morgan fingerprint density at radius 1 is 1.28 bits per heavy atom. The number of hydrogen-bond acceptors (Lipinski definition) is 3. The van der Waals surface area contributed by atoms with Crippen molar-refractivity contribution in [3.63, 3.8) is 0 Å². The molecule has 1 aliphatic heterocycles. The van der Waals surface area contributed by atoms with Crippen molar-refractivity contribution in [3.8, 4) is 5.75 Å². The predicted octanol–water partition coefficient (Wildman–Crippen LogP) is 3.24. The lowest BCUT2D eigenvalue weighted by atomic mass is 10.2. The molecule has 1 heterocycles. The van der Waals surface area contributed by atoms with Gasteiger partial charge >= 0.3 is 0 Å². The molecule has 138 valence electrons. The number of hydrogen-bond donors (Lipinski definition) is 1. The molecule has 1 aromatic carbocycles. The van der Waals surface area contributed by atoms with Gasteiger partial charge in [0.25, 0.3) is 5.91 Å². The summed E-state index contributed by atoms with van der Waals surface area (Å²) in [7, 11) is 0. The molecule has 5 heteroatoms. The number of rotatable bonds is 8. The SMILES string of the molecule is CC(C)COc1cccc(C(=O)NCCCN2CCCCCC2=O)c1. The first-order chi connectivity index (χ1) is 12.1. The van der Waals surface area contributed by atoms with Crippen LogP contribution in [0, 0.1) is 5.92 Å². The van der Waals surface area contributed by atoms with Gasteiger partial charge in [-0.2, -0.15) is 0 Å². The second kappa shape index (κ2) is 10.1. The highest BCUT2D eigenvalue weighted by atomic mass is 16.5. The predicted molar refractivity (Wildman–Crippen MR) is 98.8 cm³/mol. The van der Waals surface area contributed by atoms with E-state index in [1.165, 1.54) is 0 Å². The number of benzene rings is 1. The number of nitrogens with one attached hydrogen (secondary N) is 1. The largest absolute Gasteiger partial charge is 0.493 e. The molecule has 0 radical (unpaired) electrons. The molecule has 2 amide bonds. The highest BCUT2D eigenvalue weighted by Crippen LogP contribution is 2.14. The highest BCUT2D eigenvalue weighted by molar-refractivity contribution is 5.94. The molecule has 0 atom stereocenters. The number of ether oxygens (including phenoxy) is 1. The van der Waals surface area contributed by atoms with Crippen LogP contribution >= 0.6 is 0 Å². The summed E-state index contributed by atoms with van der Waals surface area (Å²) in [4.78, 5) is 26.1. The fourth-order valence-electron chi connectivity index (χ4n) is 2.84. The Morgan fingerprint density at radius 2 is 2.12 bits per heavy atom. The molecule has 1 fully saturated rings. The Morgan fingerprint density at radius 3 is 2.92 bits per heavy atom. The van der Waals surface area contributed by atoms with Crippen LogP contribution in [0.25, 0.3) is 0 Å². The van der Waals surface area contributed by atoms with Crippen molar-refractivity contribution in [2.24, 2.45) is 5.92 Å². The van der Waals surface area contributed by atoms with E-state index >= 15 is 0 Å². The minimum Gasteiger partial charge on any atom is -0.493 e. The zero-order valence-electron chi connectivity index (χ0n) is 15.4. The fourth-order valence-corrected chi connectivity index (χ4v) is 2.84. The molecule has 0 aromatic heterocycles. The van der Waals surface area contributed by atoms with Gasteiger partial charge in [-0.1, -0.05) is 26.3 Å². The van der Waals surface area contributed by atoms with E-state index in [9.17, 15) is 9.59 Å². The van der Waals surface area contributed by atoms with Crippen molar-refractivity contribution < 1.29 is 14.3 Å². The van der Waals surface area contributed by atoms with Gasteiger partial charge in [0.2, 0.25) is 5.91 Å². The summed E-state index contributed by atoms with van der Waals surface area (Å²) < 4.78 is 5.66. The molecule has 0 saturated carbocycles. The van der Waals surface area contributed by atoms with E-state index in [1.807, 2.05) is 17.0 Å². The molecular weight excluding hydrogens is 316 g/mol. The molecule has 0 spiro atoms. The van der Waals surface area contributed by atoms with Gasteiger partial charge in [-0.3, -0.25) is 9.59 Å². The smallest absolute Gasteiger partial charge is 0.251 e. The molecule has 1 aromatic rings. The van der Waals surface area contributed by atoms with Crippen molar-refractivity contribution in [1.82, 2.24) is 10.2 Å². The number of nitrogens with zero attached hydrogens (tertiary/aromatic N) is 1. The van der Waals surface area contributed by atoms with E-state index < -0.39 is 0 Å². The molecule has 0 unspecified atom stereocenters. The van der Waals surface area contributed by atoms with E-state index in [-0.39, 0.29) is 11.8 Å². The number of amides is 2. The van der Waals surface area contributed by atoms with Crippen LogP contribution in [-0.4, -0.2) is 43.0 Å². The van der Waals surface area contributed by atoms with Crippen LogP contribution in [0.1, 0.15) is 56.3 Å². The number of carbonyl (C=O) groups excluding carboxylic acids is 2. The minimum absolute atomic E-state index is 0.0998. The second-order valence-electron chi connectivity index (χ2n) is 7.03. The van der Waals surface area contributed by atoms with Gasteiger partial charge in [0, 0.05) is 31.6 Å².